The molecule has 0 aliphatic heterocycles. The minimum absolute atomic E-state index is 0.0556. The molecule has 0 saturated heterocycles. The number of para-hydroxylation sites is 1. The quantitative estimate of drug-likeness (QED) is 0.613. The standard InChI is InChI=1S/C23H25NO/c1-23(2,18-24-17-19-9-5-3-6-10-19)20-13-15-22(16-14-20)25-21-11-7-4-8-12-21/h3-16,24H,17-18H2,1-2H3. The van der Waals surface area contributed by atoms with E-state index in [0.717, 1.165) is 24.6 Å². The highest BCUT2D eigenvalue weighted by Gasteiger charge is 2.20. The lowest BCUT2D eigenvalue weighted by Crippen LogP contribution is -2.32. The van der Waals surface area contributed by atoms with Gasteiger partial charge in [0.25, 0.3) is 0 Å². The second-order valence-electron chi connectivity index (χ2n) is 6.91. The van der Waals surface area contributed by atoms with E-state index >= 15 is 0 Å². The zero-order valence-electron chi connectivity index (χ0n) is 14.9. The van der Waals surface area contributed by atoms with Crippen LogP contribution >= 0.6 is 0 Å². The normalized spacial score (nSPS) is 11.3. The molecule has 0 heterocycles. The van der Waals surface area contributed by atoms with Crippen LogP contribution in [0.25, 0.3) is 0 Å². The highest BCUT2D eigenvalue weighted by Crippen LogP contribution is 2.27. The van der Waals surface area contributed by atoms with Crippen LogP contribution in [0.5, 0.6) is 11.5 Å². The summed E-state index contributed by atoms with van der Waals surface area (Å²) in [6.07, 6.45) is 0. The largest absolute Gasteiger partial charge is 0.457 e. The number of nitrogens with one attached hydrogen (secondary N) is 1. The molecule has 0 unspecified atom stereocenters. The molecule has 0 bridgehead atoms. The molecule has 0 amide bonds. The molecule has 3 aromatic carbocycles. The van der Waals surface area contributed by atoms with Crippen LogP contribution in [-0.4, -0.2) is 6.54 Å². The summed E-state index contributed by atoms with van der Waals surface area (Å²) in [7, 11) is 0. The predicted molar refractivity (Wildman–Crippen MR) is 104 cm³/mol. The molecular formula is C23H25NO. The van der Waals surface area contributed by atoms with Gasteiger partial charge in [-0.05, 0) is 35.4 Å². The van der Waals surface area contributed by atoms with E-state index in [4.69, 9.17) is 4.74 Å². The number of hydrogen-bond acceptors (Lipinski definition) is 2. The van der Waals surface area contributed by atoms with Gasteiger partial charge in [0.05, 0.1) is 0 Å². The third-order valence-corrected chi connectivity index (χ3v) is 4.35. The molecule has 0 aromatic heterocycles. The average molecular weight is 331 g/mol. The summed E-state index contributed by atoms with van der Waals surface area (Å²) >= 11 is 0. The highest BCUT2D eigenvalue weighted by molar-refractivity contribution is 5.35. The summed E-state index contributed by atoms with van der Waals surface area (Å²) in [6, 6.07) is 28.8. The van der Waals surface area contributed by atoms with Crippen LogP contribution in [0.2, 0.25) is 0 Å². The summed E-state index contributed by atoms with van der Waals surface area (Å²) < 4.78 is 5.87. The first-order valence-electron chi connectivity index (χ1n) is 8.72. The van der Waals surface area contributed by atoms with Crippen LogP contribution in [0.4, 0.5) is 0 Å². The predicted octanol–water partition coefficient (Wildman–Crippen LogP) is 5.55. The van der Waals surface area contributed by atoms with Gasteiger partial charge in [-0.15, -0.1) is 0 Å². The molecule has 128 valence electrons. The van der Waals surface area contributed by atoms with Gasteiger partial charge in [0.1, 0.15) is 11.5 Å². The number of rotatable bonds is 7. The summed E-state index contributed by atoms with van der Waals surface area (Å²) in [4.78, 5) is 0. The minimum atomic E-state index is 0.0556. The highest BCUT2D eigenvalue weighted by atomic mass is 16.5. The van der Waals surface area contributed by atoms with E-state index in [0.29, 0.717) is 0 Å². The second-order valence-corrected chi connectivity index (χ2v) is 6.91. The first-order valence-corrected chi connectivity index (χ1v) is 8.72. The van der Waals surface area contributed by atoms with Crippen molar-refractivity contribution in [3.8, 4) is 11.5 Å². The van der Waals surface area contributed by atoms with Gasteiger partial charge in [0, 0.05) is 18.5 Å². The molecule has 0 radical (unpaired) electrons. The molecule has 0 spiro atoms. The van der Waals surface area contributed by atoms with Crippen LogP contribution < -0.4 is 10.1 Å². The van der Waals surface area contributed by atoms with Crippen molar-refractivity contribution in [2.75, 3.05) is 6.54 Å². The summed E-state index contributed by atoms with van der Waals surface area (Å²) in [5.74, 6) is 1.72. The third-order valence-electron chi connectivity index (χ3n) is 4.35. The van der Waals surface area contributed by atoms with Crippen LogP contribution in [0.15, 0.2) is 84.9 Å². The van der Waals surface area contributed by atoms with Gasteiger partial charge in [0.2, 0.25) is 0 Å². The maximum Gasteiger partial charge on any atom is 0.127 e. The van der Waals surface area contributed by atoms with E-state index in [-0.39, 0.29) is 5.41 Å². The van der Waals surface area contributed by atoms with Crippen molar-refractivity contribution in [3.05, 3.63) is 96.1 Å². The molecule has 3 rings (SSSR count). The molecular weight excluding hydrogens is 306 g/mol. The molecule has 0 aliphatic rings. The lowest BCUT2D eigenvalue weighted by Gasteiger charge is -2.26. The van der Waals surface area contributed by atoms with Gasteiger partial charge < -0.3 is 10.1 Å². The Morgan fingerprint density at radius 2 is 1.28 bits per heavy atom. The van der Waals surface area contributed by atoms with E-state index in [1.807, 2.05) is 48.5 Å². The molecule has 25 heavy (non-hydrogen) atoms. The number of benzene rings is 3. The monoisotopic (exact) mass is 331 g/mol. The zero-order valence-corrected chi connectivity index (χ0v) is 14.9. The minimum Gasteiger partial charge on any atom is -0.457 e. The van der Waals surface area contributed by atoms with E-state index in [1.165, 1.54) is 11.1 Å². The van der Waals surface area contributed by atoms with E-state index < -0.39 is 0 Å². The van der Waals surface area contributed by atoms with Gasteiger partial charge in [-0.25, -0.2) is 0 Å². The smallest absolute Gasteiger partial charge is 0.127 e. The topological polar surface area (TPSA) is 21.3 Å². The molecule has 1 N–H and O–H groups in total. The fourth-order valence-electron chi connectivity index (χ4n) is 2.82. The molecule has 0 aliphatic carbocycles. The molecule has 2 nitrogen and oxygen atoms in total. The van der Waals surface area contributed by atoms with Crippen molar-refractivity contribution in [2.24, 2.45) is 0 Å². The van der Waals surface area contributed by atoms with Crippen LogP contribution in [-0.2, 0) is 12.0 Å². The first kappa shape index (κ1) is 17.2. The molecule has 0 fully saturated rings. The number of hydrogen-bond donors (Lipinski definition) is 1. The molecule has 2 heteroatoms. The van der Waals surface area contributed by atoms with Crippen molar-refractivity contribution in [3.63, 3.8) is 0 Å². The van der Waals surface area contributed by atoms with Crippen molar-refractivity contribution in [1.29, 1.82) is 0 Å². The van der Waals surface area contributed by atoms with Crippen molar-refractivity contribution >= 4 is 0 Å². The first-order chi connectivity index (χ1) is 12.1. The van der Waals surface area contributed by atoms with Crippen molar-refractivity contribution < 1.29 is 4.74 Å². The van der Waals surface area contributed by atoms with Crippen LogP contribution in [0.3, 0.4) is 0 Å². The fraction of sp³-hybridized carbons (Fsp3) is 0.217. The maximum atomic E-state index is 5.87. The zero-order chi connectivity index (χ0) is 17.5. The lowest BCUT2D eigenvalue weighted by atomic mass is 9.84. The van der Waals surface area contributed by atoms with Gasteiger partial charge in [-0.3, -0.25) is 0 Å². The Morgan fingerprint density at radius 3 is 1.92 bits per heavy atom. The Labute approximate surface area is 150 Å². The second kappa shape index (κ2) is 8.00. The average Bonchev–Trinajstić information content (AvgIpc) is 2.64. The summed E-state index contributed by atoms with van der Waals surface area (Å²) in [5.41, 5.74) is 2.67. The van der Waals surface area contributed by atoms with E-state index in [1.54, 1.807) is 0 Å². The maximum absolute atomic E-state index is 5.87. The lowest BCUT2D eigenvalue weighted by molar-refractivity contribution is 0.464. The van der Waals surface area contributed by atoms with E-state index in [2.05, 4.69) is 55.6 Å². The SMILES string of the molecule is CC(C)(CNCc1ccccc1)c1ccc(Oc2ccccc2)cc1. The Hall–Kier alpha value is -2.58. The Balaban J connectivity index is 1.58. The van der Waals surface area contributed by atoms with Gasteiger partial charge in [-0.2, -0.15) is 0 Å². The van der Waals surface area contributed by atoms with E-state index in [9.17, 15) is 0 Å². The Morgan fingerprint density at radius 1 is 0.720 bits per heavy atom. The van der Waals surface area contributed by atoms with Gasteiger partial charge >= 0.3 is 0 Å². The van der Waals surface area contributed by atoms with Crippen LogP contribution in [0, 0.1) is 0 Å². The van der Waals surface area contributed by atoms with Crippen LogP contribution in [0.1, 0.15) is 25.0 Å². The van der Waals surface area contributed by atoms with Crippen molar-refractivity contribution in [1.82, 2.24) is 5.32 Å². The summed E-state index contributed by atoms with van der Waals surface area (Å²) in [6.45, 7) is 6.33. The molecule has 0 atom stereocenters. The molecule has 3 aromatic rings. The van der Waals surface area contributed by atoms with Gasteiger partial charge in [0.15, 0.2) is 0 Å². The summed E-state index contributed by atoms with van der Waals surface area (Å²) in [5, 5.41) is 3.56. The Kier molecular flexibility index (Phi) is 5.52. The van der Waals surface area contributed by atoms with Crippen molar-refractivity contribution in [2.45, 2.75) is 25.8 Å². The fourth-order valence-corrected chi connectivity index (χ4v) is 2.82. The number of ether oxygens (including phenoxy) is 1. The third kappa shape index (κ3) is 4.94. The molecule has 0 saturated carbocycles. The van der Waals surface area contributed by atoms with Gasteiger partial charge in [-0.1, -0.05) is 74.5 Å². The Bertz CT molecular complexity index is 764.